The summed E-state index contributed by atoms with van der Waals surface area (Å²) in [4.78, 5) is 26.2. The molecule has 2 N–H and O–H groups in total. The molecule has 0 atom stereocenters. The molecule has 0 radical (unpaired) electrons. The van der Waals surface area contributed by atoms with E-state index in [1.807, 2.05) is 0 Å². The lowest BCUT2D eigenvalue weighted by Crippen LogP contribution is -1.97. The first-order chi connectivity index (χ1) is 10.5. The molecule has 6 nitrogen and oxygen atoms in total. The smallest absolute Gasteiger partial charge is 0.335 e. The second-order valence-corrected chi connectivity index (χ2v) is 4.78. The lowest BCUT2D eigenvalue weighted by atomic mass is 10.1. The van der Waals surface area contributed by atoms with Crippen LogP contribution in [-0.4, -0.2) is 27.1 Å². The second-order valence-electron chi connectivity index (χ2n) is 4.78. The Morgan fingerprint density at radius 2 is 1.73 bits per heavy atom. The Morgan fingerprint density at radius 3 is 2.45 bits per heavy atom. The number of aromatic carboxylic acids is 2. The Hall–Kier alpha value is -3.15. The minimum Gasteiger partial charge on any atom is -0.478 e. The third kappa shape index (κ3) is 2.67. The third-order valence-corrected chi connectivity index (χ3v) is 3.21. The van der Waals surface area contributed by atoms with E-state index in [0.717, 1.165) is 5.56 Å². The average Bonchev–Trinajstić information content (AvgIpc) is 2.88. The first-order valence-electron chi connectivity index (χ1n) is 6.48. The Morgan fingerprint density at radius 1 is 1.00 bits per heavy atom. The normalized spacial score (nSPS) is 10.7. The standard InChI is InChI=1S/C16H11NO5/c18-15(19)10-3-1-2-9(6-10)7-14-17-12-5-4-11(16(20)21)8-13(12)22-14/h1-6,8H,7H2,(H,18,19)(H,20,21). The molecule has 1 heterocycles. The minimum absolute atomic E-state index is 0.128. The number of carboxylic acid groups (broad SMARTS) is 2. The van der Waals surface area contributed by atoms with Crippen molar-refractivity contribution in [2.45, 2.75) is 6.42 Å². The van der Waals surface area contributed by atoms with E-state index in [4.69, 9.17) is 14.6 Å². The Bertz CT molecular complexity index is 881. The summed E-state index contributed by atoms with van der Waals surface area (Å²) < 4.78 is 5.54. The fraction of sp³-hybridized carbons (Fsp3) is 0.0625. The van der Waals surface area contributed by atoms with Crippen LogP contribution >= 0.6 is 0 Å². The topological polar surface area (TPSA) is 101 Å². The van der Waals surface area contributed by atoms with E-state index in [2.05, 4.69) is 4.98 Å². The van der Waals surface area contributed by atoms with E-state index >= 15 is 0 Å². The van der Waals surface area contributed by atoms with Gasteiger partial charge < -0.3 is 14.6 Å². The molecule has 0 aliphatic heterocycles. The van der Waals surface area contributed by atoms with Gasteiger partial charge in [-0.3, -0.25) is 0 Å². The van der Waals surface area contributed by atoms with Crippen molar-refractivity contribution < 1.29 is 24.2 Å². The molecule has 3 aromatic rings. The van der Waals surface area contributed by atoms with Crippen LogP contribution in [-0.2, 0) is 6.42 Å². The first kappa shape index (κ1) is 13.8. The summed E-state index contributed by atoms with van der Waals surface area (Å²) in [5, 5.41) is 17.9. The van der Waals surface area contributed by atoms with Gasteiger partial charge in [-0.05, 0) is 35.9 Å². The number of hydrogen-bond acceptors (Lipinski definition) is 4. The molecule has 0 saturated heterocycles. The molecule has 0 unspecified atom stereocenters. The zero-order chi connectivity index (χ0) is 15.7. The molecule has 1 aromatic heterocycles. The van der Waals surface area contributed by atoms with Crippen LogP contribution in [0.2, 0.25) is 0 Å². The highest BCUT2D eigenvalue weighted by Crippen LogP contribution is 2.20. The van der Waals surface area contributed by atoms with Gasteiger partial charge in [0.15, 0.2) is 11.5 Å². The first-order valence-corrected chi connectivity index (χ1v) is 6.48. The van der Waals surface area contributed by atoms with Crippen LogP contribution in [0.25, 0.3) is 11.1 Å². The fourth-order valence-corrected chi connectivity index (χ4v) is 2.17. The Kier molecular flexibility index (Phi) is 3.34. The van der Waals surface area contributed by atoms with Gasteiger partial charge in [-0.1, -0.05) is 12.1 Å². The highest BCUT2D eigenvalue weighted by atomic mass is 16.4. The van der Waals surface area contributed by atoms with Crippen LogP contribution in [0.3, 0.4) is 0 Å². The number of carboxylic acids is 2. The van der Waals surface area contributed by atoms with Gasteiger partial charge in [0.2, 0.25) is 0 Å². The van der Waals surface area contributed by atoms with Crippen molar-refractivity contribution in [3.63, 3.8) is 0 Å². The van der Waals surface area contributed by atoms with E-state index in [1.165, 1.54) is 18.2 Å². The number of aromatic nitrogens is 1. The van der Waals surface area contributed by atoms with Gasteiger partial charge in [0.25, 0.3) is 0 Å². The summed E-state index contributed by atoms with van der Waals surface area (Å²) in [6.45, 7) is 0. The molecule has 0 amide bonds. The van der Waals surface area contributed by atoms with E-state index in [9.17, 15) is 9.59 Å². The van der Waals surface area contributed by atoms with Crippen molar-refractivity contribution >= 4 is 23.0 Å². The van der Waals surface area contributed by atoms with Gasteiger partial charge in [0, 0.05) is 6.42 Å². The van der Waals surface area contributed by atoms with Gasteiger partial charge in [-0.25, -0.2) is 14.6 Å². The number of carbonyl (C=O) groups is 2. The van der Waals surface area contributed by atoms with Crippen LogP contribution in [0.5, 0.6) is 0 Å². The maximum absolute atomic E-state index is 11.0. The summed E-state index contributed by atoms with van der Waals surface area (Å²) in [6.07, 6.45) is 0.332. The number of oxazole rings is 1. The molecule has 0 aliphatic rings. The maximum Gasteiger partial charge on any atom is 0.335 e. The summed E-state index contributed by atoms with van der Waals surface area (Å²) in [5.74, 6) is -1.63. The summed E-state index contributed by atoms with van der Waals surface area (Å²) in [6, 6.07) is 11.0. The molecular weight excluding hydrogens is 286 g/mol. The molecule has 0 spiro atoms. The van der Waals surface area contributed by atoms with Crippen LogP contribution in [0.15, 0.2) is 46.9 Å². The molecule has 0 aliphatic carbocycles. The van der Waals surface area contributed by atoms with Crippen molar-refractivity contribution in [3.05, 3.63) is 65.0 Å². The van der Waals surface area contributed by atoms with Crippen molar-refractivity contribution in [1.29, 1.82) is 0 Å². The van der Waals surface area contributed by atoms with Crippen LogP contribution < -0.4 is 0 Å². The quantitative estimate of drug-likeness (QED) is 0.768. The predicted molar refractivity (Wildman–Crippen MR) is 77.2 cm³/mol. The van der Waals surface area contributed by atoms with Crippen LogP contribution in [0, 0.1) is 0 Å². The lowest BCUT2D eigenvalue weighted by molar-refractivity contribution is 0.0686. The average molecular weight is 297 g/mol. The van der Waals surface area contributed by atoms with E-state index in [0.29, 0.717) is 23.4 Å². The van der Waals surface area contributed by atoms with Gasteiger partial charge >= 0.3 is 11.9 Å². The molecule has 2 aromatic carbocycles. The molecule has 0 saturated carbocycles. The molecule has 0 bridgehead atoms. The van der Waals surface area contributed by atoms with Gasteiger partial charge in [-0.15, -0.1) is 0 Å². The highest BCUT2D eigenvalue weighted by molar-refractivity contribution is 5.91. The minimum atomic E-state index is -1.03. The van der Waals surface area contributed by atoms with Gasteiger partial charge in [-0.2, -0.15) is 0 Å². The Labute approximate surface area is 124 Å². The largest absolute Gasteiger partial charge is 0.478 e. The zero-order valence-corrected chi connectivity index (χ0v) is 11.3. The highest BCUT2D eigenvalue weighted by Gasteiger charge is 2.11. The number of rotatable bonds is 4. The van der Waals surface area contributed by atoms with Gasteiger partial charge in [0.05, 0.1) is 11.1 Å². The van der Waals surface area contributed by atoms with Crippen molar-refractivity contribution in [1.82, 2.24) is 4.98 Å². The number of benzene rings is 2. The SMILES string of the molecule is O=C(O)c1cccc(Cc2nc3ccc(C(=O)O)cc3o2)c1. The van der Waals surface area contributed by atoms with E-state index < -0.39 is 11.9 Å². The van der Waals surface area contributed by atoms with Crippen molar-refractivity contribution in [2.75, 3.05) is 0 Å². The van der Waals surface area contributed by atoms with Crippen LogP contribution in [0.1, 0.15) is 32.2 Å². The van der Waals surface area contributed by atoms with Crippen molar-refractivity contribution in [3.8, 4) is 0 Å². The molecule has 3 rings (SSSR count). The predicted octanol–water partition coefficient (Wildman–Crippen LogP) is 2.82. The fourth-order valence-electron chi connectivity index (χ4n) is 2.17. The lowest BCUT2D eigenvalue weighted by Gasteiger charge is -1.99. The second kappa shape index (κ2) is 5.33. The summed E-state index contributed by atoms with van der Waals surface area (Å²) in [7, 11) is 0. The van der Waals surface area contributed by atoms with E-state index in [1.54, 1.807) is 24.3 Å². The van der Waals surface area contributed by atoms with Gasteiger partial charge in [0.1, 0.15) is 5.52 Å². The number of fused-ring (bicyclic) bond motifs is 1. The molecule has 22 heavy (non-hydrogen) atoms. The van der Waals surface area contributed by atoms with E-state index in [-0.39, 0.29) is 11.1 Å². The zero-order valence-electron chi connectivity index (χ0n) is 11.3. The monoisotopic (exact) mass is 297 g/mol. The van der Waals surface area contributed by atoms with Crippen molar-refractivity contribution in [2.24, 2.45) is 0 Å². The number of hydrogen-bond donors (Lipinski definition) is 2. The Balaban J connectivity index is 1.92. The number of nitrogens with zero attached hydrogens (tertiary/aromatic N) is 1. The van der Waals surface area contributed by atoms with Crippen LogP contribution in [0.4, 0.5) is 0 Å². The summed E-state index contributed by atoms with van der Waals surface area (Å²) >= 11 is 0. The molecule has 0 fully saturated rings. The maximum atomic E-state index is 11.0. The molecule has 6 heteroatoms. The summed E-state index contributed by atoms with van der Waals surface area (Å²) in [5.41, 5.74) is 2.04. The molecular formula is C16H11NO5. The molecule has 110 valence electrons. The third-order valence-electron chi connectivity index (χ3n) is 3.21.